The Bertz CT molecular complexity index is 536. The Hall–Kier alpha value is -1.52. The molecule has 2 rings (SSSR count). The van der Waals surface area contributed by atoms with Crippen molar-refractivity contribution in [1.29, 1.82) is 0 Å². The molecule has 0 bridgehead atoms. The first-order chi connectivity index (χ1) is 8.63. The lowest BCUT2D eigenvalue weighted by Gasteiger charge is -2.04. The lowest BCUT2D eigenvalue weighted by molar-refractivity contribution is -0.136. The van der Waals surface area contributed by atoms with Crippen LogP contribution < -0.4 is 5.32 Å². The van der Waals surface area contributed by atoms with E-state index >= 15 is 0 Å². The average Bonchev–Trinajstić information content (AvgIpc) is 2.75. The molecule has 3 nitrogen and oxygen atoms in total. The largest absolute Gasteiger partial charge is 0.481 e. The Balaban J connectivity index is 1.92. The number of benzene rings is 1. The highest BCUT2D eigenvalue weighted by Crippen LogP contribution is 2.19. The average molecular weight is 282 g/mol. The van der Waals surface area contributed by atoms with Gasteiger partial charge in [-0.1, -0.05) is 11.6 Å². The number of hydrogen-bond donors (Lipinski definition) is 2. The molecule has 1 aromatic heterocycles. The number of thiophene rings is 1. The summed E-state index contributed by atoms with van der Waals surface area (Å²) >= 11 is 7.31. The Morgan fingerprint density at radius 2 is 1.83 bits per heavy atom. The predicted molar refractivity (Wildman–Crippen MR) is 74.4 cm³/mol. The molecule has 0 fully saturated rings. The number of hydrogen-bond acceptors (Lipinski definition) is 3. The minimum atomic E-state index is -0.797. The Morgan fingerprint density at radius 3 is 2.50 bits per heavy atom. The standard InChI is InChI=1S/C13H12ClNO2S/c14-9-1-3-10(4-2-9)15-8-12-6-5-11(18-12)7-13(16)17/h1-6,15H,7-8H2,(H,16,17). The molecule has 0 saturated heterocycles. The molecule has 94 valence electrons. The van der Waals surface area contributed by atoms with Crippen molar-refractivity contribution in [3.63, 3.8) is 0 Å². The molecule has 0 aliphatic rings. The zero-order valence-corrected chi connectivity index (χ0v) is 11.1. The van der Waals surface area contributed by atoms with Crippen molar-refractivity contribution in [2.75, 3.05) is 5.32 Å². The summed E-state index contributed by atoms with van der Waals surface area (Å²) < 4.78 is 0. The number of halogens is 1. The van der Waals surface area contributed by atoms with Crippen molar-refractivity contribution in [1.82, 2.24) is 0 Å². The maximum atomic E-state index is 10.6. The number of nitrogens with one attached hydrogen (secondary N) is 1. The molecule has 1 heterocycles. The monoisotopic (exact) mass is 281 g/mol. The second-order valence-corrected chi connectivity index (χ2v) is 5.49. The molecule has 2 N–H and O–H groups in total. The Labute approximate surface area is 114 Å². The minimum Gasteiger partial charge on any atom is -0.481 e. The fourth-order valence-electron chi connectivity index (χ4n) is 1.52. The van der Waals surface area contributed by atoms with E-state index in [0.717, 1.165) is 15.4 Å². The van der Waals surface area contributed by atoms with E-state index in [-0.39, 0.29) is 6.42 Å². The van der Waals surface area contributed by atoms with Crippen molar-refractivity contribution < 1.29 is 9.90 Å². The fraction of sp³-hybridized carbons (Fsp3) is 0.154. The van der Waals surface area contributed by atoms with Crippen LogP contribution >= 0.6 is 22.9 Å². The third kappa shape index (κ3) is 3.75. The van der Waals surface area contributed by atoms with Gasteiger partial charge in [0.1, 0.15) is 0 Å². The van der Waals surface area contributed by atoms with Gasteiger partial charge in [0.05, 0.1) is 6.42 Å². The summed E-state index contributed by atoms with van der Waals surface area (Å²) in [5, 5.41) is 12.7. The van der Waals surface area contributed by atoms with Crippen molar-refractivity contribution in [3.8, 4) is 0 Å². The zero-order chi connectivity index (χ0) is 13.0. The highest BCUT2D eigenvalue weighted by Gasteiger charge is 2.04. The van der Waals surface area contributed by atoms with E-state index in [9.17, 15) is 4.79 Å². The molecule has 18 heavy (non-hydrogen) atoms. The third-order valence-corrected chi connectivity index (χ3v) is 3.69. The van der Waals surface area contributed by atoms with Crippen LogP contribution in [0.3, 0.4) is 0 Å². The van der Waals surface area contributed by atoms with Crippen LogP contribution in [0.4, 0.5) is 5.69 Å². The highest BCUT2D eigenvalue weighted by atomic mass is 35.5. The number of rotatable bonds is 5. The molecular formula is C13H12ClNO2S. The number of carboxylic acid groups (broad SMARTS) is 1. The van der Waals surface area contributed by atoms with Crippen LogP contribution in [0.15, 0.2) is 36.4 Å². The van der Waals surface area contributed by atoms with Crippen molar-refractivity contribution >= 4 is 34.6 Å². The first-order valence-electron chi connectivity index (χ1n) is 5.42. The zero-order valence-electron chi connectivity index (χ0n) is 9.52. The van der Waals surface area contributed by atoms with Gasteiger partial charge in [-0.15, -0.1) is 11.3 Å². The topological polar surface area (TPSA) is 49.3 Å². The van der Waals surface area contributed by atoms with E-state index in [1.54, 1.807) is 0 Å². The maximum absolute atomic E-state index is 10.6. The SMILES string of the molecule is O=C(O)Cc1ccc(CNc2ccc(Cl)cc2)s1. The van der Waals surface area contributed by atoms with E-state index in [1.807, 2.05) is 36.4 Å². The van der Waals surface area contributed by atoms with Crippen molar-refractivity contribution in [2.24, 2.45) is 0 Å². The summed E-state index contributed by atoms with van der Waals surface area (Å²) in [7, 11) is 0. The molecule has 0 saturated carbocycles. The molecule has 0 radical (unpaired) electrons. The smallest absolute Gasteiger partial charge is 0.308 e. The molecule has 0 aliphatic carbocycles. The van der Waals surface area contributed by atoms with Crippen LogP contribution in [0.5, 0.6) is 0 Å². The summed E-state index contributed by atoms with van der Waals surface area (Å²) in [5.41, 5.74) is 0.993. The lowest BCUT2D eigenvalue weighted by Crippen LogP contribution is -1.97. The first-order valence-corrected chi connectivity index (χ1v) is 6.62. The summed E-state index contributed by atoms with van der Waals surface area (Å²) in [6.07, 6.45) is 0.0889. The summed E-state index contributed by atoms with van der Waals surface area (Å²) in [6, 6.07) is 11.3. The van der Waals surface area contributed by atoms with Gasteiger partial charge in [0.15, 0.2) is 0 Å². The lowest BCUT2D eigenvalue weighted by atomic mass is 10.3. The second kappa shape index (κ2) is 5.89. The molecule has 0 amide bonds. The van der Waals surface area contributed by atoms with Crippen LogP contribution in [-0.2, 0) is 17.8 Å². The first kappa shape index (κ1) is 12.9. The summed E-state index contributed by atoms with van der Waals surface area (Å²) in [4.78, 5) is 12.6. The number of carbonyl (C=O) groups is 1. The molecule has 5 heteroatoms. The molecule has 1 aromatic carbocycles. The van der Waals surface area contributed by atoms with E-state index in [4.69, 9.17) is 16.7 Å². The van der Waals surface area contributed by atoms with E-state index in [0.29, 0.717) is 11.6 Å². The van der Waals surface area contributed by atoms with Gasteiger partial charge in [-0.2, -0.15) is 0 Å². The quantitative estimate of drug-likeness (QED) is 0.880. The highest BCUT2D eigenvalue weighted by molar-refractivity contribution is 7.12. The molecule has 0 spiro atoms. The molecule has 0 atom stereocenters. The molecular weight excluding hydrogens is 270 g/mol. The van der Waals surface area contributed by atoms with Crippen LogP contribution in [0.2, 0.25) is 5.02 Å². The van der Waals surface area contributed by atoms with Gasteiger partial charge >= 0.3 is 5.97 Å². The minimum absolute atomic E-state index is 0.0889. The van der Waals surface area contributed by atoms with Gasteiger partial charge in [0.25, 0.3) is 0 Å². The van der Waals surface area contributed by atoms with Gasteiger partial charge in [0.2, 0.25) is 0 Å². The number of aliphatic carboxylic acids is 1. The van der Waals surface area contributed by atoms with Gasteiger partial charge in [0, 0.05) is 27.0 Å². The van der Waals surface area contributed by atoms with Crippen LogP contribution in [-0.4, -0.2) is 11.1 Å². The normalized spacial score (nSPS) is 10.3. The maximum Gasteiger partial charge on any atom is 0.308 e. The third-order valence-electron chi connectivity index (χ3n) is 2.35. The van der Waals surface area contributed by atoms with E-state index < -0.39 is 5.97 Å². The molecule has 0 unspecified atom stereocenters. The molecule has 2 aromatic rings. The number of carboxylic acids is 1. The fourth-order valence-corrected chi connectivity index (χ4v) is 2.59. The van der Waals surface area contributed by atoms with Crippen molar-refractivity contribution in [3.05, 3.63) is 51.2 Å². The Kier molecular flexibility index (Phi) is 4.23. The Morgan fingerprint density at radius 1 is 1.17 bits per heavy atom. The van der Waals surface area contributed by atoms with Crippen LogP contribution in [0.25, 0.3) is 0 Å². The summed E-state index contributed by atoms with van der Waals surface area (Å²) in [6.45, 7) is 0.686. The molecule has 0 aliphatic heterocycles. The van der Waals surface area contributed by atoms with Gasteiger partial charge in [-0.05, 0) is 36.4 Å². The van der Waals surface area contributed by atoms with Crippen molar-refractivity contribution in [2.45, 2.75) is 13.0 Å². The summed E-state index contributed by atoms with van der Waals surface area (Å²) in [5.74, 6) is -0.797. The number of anilines is 1. The van der Waals surface area contributed by atoms with Crippen LogP contribution in [0, 0.1) is 0 Å². The van der Waals surface area contributed by atoms with E-state index in [2.05, 4.69) is 5.32 Å². The van der Waals surface area contributed by atoms with Gasteiger partial charge in [-0.3, -0.25) is 4.79 Å². The van der Waals surface area contributed by atoms with Crippen LogP contribution in [0.1, 0.15) is 9.75 Å². The van der Waals surface area contributed by atoms with Gasteiger partial charge < -0.3 is 10.4 Å². The van der Waals surface area contributed by atoms with E-state index in [1.165, 1.54) is 11.3 Å². The second-order valence-electron chi connectivity index (χ2n) is 3.80. The van der Waals surface area contributed by atoms with Gasteiger partial charge in [-0.25, -0.2) is 0 Å². The predicted octanol–water partition coefficient (Wildman–Crippen LogP) is 3.64.